The second-order valence-corrected chi connectivity index (χ2v) is 2.75. The Hall–Kier alpha value is -0.730. The molecule has 0 radical (unpaired) electrons. The molecule has 0 bridgehead atoms. The average Bonchev–Trinajstić information content (AvgIpc) is 2.09. The fourth-order valence-corrected chi connectivity index (χ4v) is 0.329. The lowest BCUT2D eigenvalue weighted by molar-refractivity contribution is 0.0541. The zero-order valence-electron chi connectivity index (χ0n) is 10.3. The molecule has 0 unspecified atom stereocenters. The van der Waals surface area contributed by atoms with Gasteiger partial charge in [0.05, 0.1) is 0 Å². The van der Waals surface area contributed by atoms with Crippen LogP contribution < -0.4 is 5.32 Å². The van der Waals surface area contributed by atoms with Crippen LogP contribution in [0, 0.1) is 0 Å². The van der Waals surface area contributed by atoms with Gasteiger partial charge in [0.15, 0.2) is 0 Å². The molecular weight excluding hydrogens is 166 g/mol. The average molecular weight is 191 g/mol. The summed E-state index contributed by atoms with van der Waals surface area (Å²) in [6.45, 7) is 13.5. The molecule has 1 N–H and O–H groups in total. The third-order valence-electron chi connectivity index (χ3n) is 0.603. The smallest absolute Gasteiger partial charge is 0.407 e. The molecule has 0 aliphatic carbocycles. The largest absolute Gasteiger partial charge is 0.444 e. The molecule has 0 rings (SSSR count). The van der Waals surface area contributed by atoms with Crippen LogP contribution in [0.2, 0.25) is 0 Å². The number of carbonyl (C=O) groups excluding carboxylic acids is 1. The molecule has 0 aromatic heterocycles. The Kier molecular flexibility index (Phi) is 15.7. The van der Waals surface area contributed by atoms with Gasteiger partial charge in [-0.15, -0.1) is 0 Å². The monoisotopic (exact) mass is 191 g/mol. The van der Waals surface area contributed by atoms with E-state index in [4.69, 9.17) is 4.74 Å². The molecule has 0 heterocycles. The summed E-state index contributed by atoms with van der Waals surface area (Å²) in [5, 5.41) is 2.36. The molecule has 1 amide bonds. The SMILES string of the molecule is CC.CC.CNC(=O)OC(C)(C)C. The first kappa shape index (κ1) is 18.1. The zero-order valence-corrected chi connectivity index (χ0v) is 10.3. The standard InChI is InChI=1S/C6H13NO2.2C2H6/c1-6(2,3)9-5(8)7-4;2*1-2/h1-4H3,(H,7,8);2*1-2H3. The first-order valence-corrected chi connectivity index (χ1v) is 4.86. The molecule has 0 saturated heterocycles. The lowest BCUT2D eigenvalue weighted by atomic mass is 10.2. The van der Waals surface area contributed by atoms with Crippen LogP contribution >= 0.6 is 0 Å². The number of carbonyl (C=O) groups is 1. The molecule has 0 atom stereocenters. The van der Waals surface area contributed by atoms with E-state index in [0.29, 0.717) is 0 Å². The highest BCUT2D eigenvalue weighted by Crippen LogP contribution is 2.05. The second kappa shape index (κ2) is 11.3. The lowest BCUT2D eigenvalue weighted by Crippen LogP contribution is -2.30. The maximum Gasteiger partial charge on any atom is 0.407 e. The highest BCUT2D eigenvalue weighted by Gasteiger charge is 2.13. The fraction of sp³-hybridized carbons (Fsp3) is 0.900. The van der Waals surface area contributed by atoms with Gasteiger partial charge in [0.25, 0.3) is 0 Å². The summed E-state index contributed by atoms with van der Waals surface area (Å²) in [7, 11) is 1.54. The van der Waals surface area contributed by atoms with Gasteiger partial charge < -0.3 is 10.1 Å². The van der Waals surface area contributed by atoms with Crippen molar-refractivity contribution >= 4 is 6.09 Å². The Morgan fingerprint density at radius 2 is 1.38 bits per heavy atom. The van der Waals surface area contributed by atoms with Crippen molar-refractivity contribution in [2.75, 3.05) is 7.05 Å². The summed E-state index contributed by atoms with van der Waals surface area (Å²) in [4.78, 5) is 10.5. The Morgan fingerprint density at radius 1 is 1.08 bits per heavy atom. The lowest BCUT2D eigenvalue weighted by Gasteiger charge is -2.18. The van der Waals surface area contributed by atoms with E-state index in [1.165, 1.54) is 7.05 Å². The summed E-state index contributed by atoms with van der Waals surface area (Å²) >= 11 is 0. The van der Waals surface area contributed by atoms with Gasteiger partial charge in [-0.2, -0.15) is 0 Å². The minimum Gasteiger partial charge on any atom is -0.444 e. The molecule has 3 nitrogen and oxygen atoms in total. The first-order valence-electron chi connectivity index (χ1n) is 4.86. The molecule has 0 aromatic carbocycles. The summed E-state index contributed by atoms with van der Waals surface area (Å²) in [5.74, 6) is 0. The van der Waals surface area contributed by atoms with Crippen LogP contribution in [0.25, 0.3) is 0 Å². The van der Waals surface area contributed by atoms with Crippen LogP contribution in [0.5, 0.6) is 0 Å². The Balaban J connectivity index is -0.000000218. The van der Waals surface area contributed by atoms with E-state index >= 15 is 0 Å². The Bertz CT molecular complexity index is 106. The van der Waals surface area contributed by atoms with E-state index < -0.39 is 0 Å². The zero-order chi connectivity index (χ0) is 11.5. The molecule has 0 saturated carbocycles. The van der Waals surface area contributed by atoms with Gasteiger partial charge in [0.2, 0.25) is 0 Å². The predicted octanol–water partition coefficient (Wildman–Crippen LogP) is 3.19. The van der Waals surface area contributed by atoms with E-state index in [-0.39, 0.29) is 11.7 Å². The van der Waals surface area contributed by atoms with E-state index in [1.807, 2.05) is 48.5 Å². The highest BCUT2D eigenvalue weighted by molar-refractivity contribution is 5.67. The highest BCUT2D eigenvalue weighted by atomic mass is 16.6. The van der Waals surface area contributed by atoms with Crippen LogP contribution in [0.4, 0.5) is 4.79 Å². The number of alkyl carbamates (subject to hydrolysis) is 1. The molecule has 0 aromatic rings. The number of hydrogen-bond donors (Lipinski definition) is 1. The van der Waals surface area contributed by atoms with Gasteiger partial charge in [0.1, 0.15) is 5.60 Å². The Labute approximate surface area is 82.9 Å². The molecule has 3 heteroatoms. The predicted molar refractivity (Wildman–Crippen MR) is 58.0 cm³/mol. The van der Waals surface area contributed by atoms with E-state index in [2.05, 4.69) is 5.32 Å². The van der Waals surface area contributed by atoms with Crippen LogP contribution in [-0.4, -0.2) is 18.7 Å². The summed E-state index contributed by atoms with van der Waals surface area (Å²) < 4.78 is 4.84. The molecule has 13 heavy (non-hydrogen) atoms. The van der Waals surface area contributed by atoms with Crippen molar-refractivity contribution in [2.24, 2.45) is 0 Å². The minimum atomic E-state index is -0.389. The van der Waals surface area contributed by atoms with E-state index in [0.717, 1.165) is 0 Å². The van der Waals surface area contributed by atoms with Crippen LogP contribution in [0.1, 0.15) is 48.5 Å². The molecule has 0 fully saturated rings. The quantitative estimate of drug-likeness (QED) is 0.638. The van der Waals surface area contributed by atoms with Crippen LogP contribution in [0.3, 0.4) is 0 Å². The maximum absolute atomic E-state index is 10.5. The molecule has 0 spiro atoms. The first-order chi connectivity index (χ1) is 5.95. The summed E-state index contributed by atoms with van der Waals surface area (Å²) in [6.07, 6.45) is -0.387. The van der Waals surface area contributed by atoms with Crippen LogP contribution in [-0.2, 0) is 4.74 Å². The van der Waals surface area contributed by atoms with Crippen LogP contribution in [0.15, 0.2) is 0 Å². The molecular formula is C10H25NO2. The number of nitrogens with one attached hydrogen (secondary N) is 1. The number of amides is 1. The second-order valence-electron chi connectivity index (χ2n) is 2.75. The van der Waals surface area contributed by atoms with Crippen molar-refractivity contribution in [3.05, 3.63) is 0 Å². The number of rotatable bonds is 0. The number of ether oxygens (including phenoxy) is 1. The minimum absolute atomic E-state index is 0.387. The van der Waals surface area contributed by atoms with Crippen molar-refractivity contribution in [2.45, 2.75) is 54.1 Å². The third kappa shape index (κ3) is 24.6. The van der Waals surface area contributed by atoms with Crippen molar-refractivity contribution in [1.29, 1.82) is 0 Å². The topological polar surface area (TPSA) is 38.3 Å². The van der Waals surface area contributed by atoms with Crippen molar-refractivity contribution in [3.63, 3.8) is 0 Å². The Morgan fingerprint density at radius 3 is 1.46 bits per heavy atom. The van der Waals surface area contributed by atoms with E-state index in [9.17, 15) is 4.79 Å². The van der Waals surface area contributed by atoms with Gasteiger partial charge in [0, 0.05) is 7.05 Å². The van der Waals surface area contributed by atoms with Gasteiger partial charge in [-0.05, 0) is 20.8 Å². The number of hydrogen-bond acceptors (Lipinski definition) is 2. The summed E-state index contributed by atoms with van der Waals surface area (Å²) in [6, 6.07) is 0. The van der Waals surface area contributed by atoms with Crippen molar-refractivity contribution in [3.8, 4) is 0 Å². The molecule has 82 valence electrons. The van der Waals surface area contributed by atoms with Gasteiger partial charge in [-0.1, -0.05) is 27.7 Å². The third-order valence-corrected chi connectivity index (χ3v) is 0.603. The van der Waals surface area contributed by atoms with Crippen molar-refractivity contribution in [1.82, 2.24) is 5.32 Å². The molecule has 0 aliphatic heterocycles. The van der Waals surface area contributed by atoms with Gasteiger partial charge in [-0.3, -0.25) is 0 Å². The van der Waals surface area contributed by atoms with Gasteiger partial charge >= 0.3 is 6.09 Å². The molecule has 0 aliphatic rings. The van der Waals surface area contributed by atoms with E-state index in [1.54, 1.807) is 0 Å². The summed E-state index contributed by atoms with van der Waals surface area (Å²) in [5.41, 5.74) is -0.389. The fourth-order valence-electron chi connectivity index (χ4n) is 0.329. The maximum atomic E-state index is 10.5. The van der Waals surface area contributed by atoms with Crippen molar-refractivity contribution < 1.29 is 9.53 Å². The normalized spacial score (nSPS) is 8.31. The van der Waals surface area contributed by atoms with Gasteiger partial charge in [-0.25, -0.2) is 4.79 Å².